The number of rotatable bonds is 4. The third-order valence-corrected chi connectivity index (χ3v) is 3.12. The van der Waals surface area contributed by atoms with Crippen LogP contribution in [0.3, 0.4) is 0 Å². The standard InChI is InChI=1S/C12H16O3/c1-15-11-6-9(2-3-10(11)14)7-12(8-13)4-5-12/h2-3,6,13-14H,4-5,7-8H2,1H3. The molecule has 82 valence electrons. The van der Waals surface area contributed by atoms with Gasteiger partial charge in [0, 0.05) is 6.61 Å². The number of aliphatic hydroxyl groups is 1. The van der Waals surface area contributed by atoms with Crippen LogP contribution < -0.4 is 4.74 Å². The third-order valence-electron chi connectivity index (χ3n) is 3.12. The Kier molecular flexibility index (Phi) is 2.57. The number of phenols is 1. The van der Waals surface area contributed by atoms with Crippen LogP contribution in [0.5, 0.6) is 11.5 Å². The molecule has 0 radical (unpaired) electrons. The van der Waals surface area contributed by atoms with Gasteiger partial charge in [0.05, 0.1) is 7.11 Å². The van der Waals surface area contributed by atoms with E-state index in [0.29, 0.717) is 5.75 Å². The topological polar surface area (TPSA) is 49.7 Å². The van der Waals surface area contributed by atoms with Gasteiger partial charge in [0.2, 0.25) is 0 Å². The van der Waals surface area contributed by atoms with E-state index in [1.54, 1.807) is 6.07 Å². The molecule has 0 aliphatic heterocycles. The van der Waals surface area contributed by atoms with Crippen LogP contribution in [0.15, 0.2) is 18.2 Å². The minimum atomic E-state index is 0.0992. The Labute approximate surface area is 89.3 Å². The van der Waals surface area contributed by atoms with Gasteiger partial charge >= 0.3 is 0 Å². The number of aromatic hydroxyl groups is 1. The number of hydrogen-bond acceptors (Lipinski definition) is 3. The zero-order valence-electron chi connectivity index (χ0n) is 8.86. The quantitative estimate of drug-likeness (QED) is 0.792. The molecule has 2 N–H and O–H groups in total. The van der Waals surface area contributed by atoms with Crippen LogP contribution in [0.25, 0.3) is 0 Å². The summed E-state index contributed by atoms with van der Waals surface area (Å²) in [4.78, 5) is 0. The molecule has 1 saturated carbocycles. The molecular formula is C12H16O3. The average molecular weight is 208 g/mol. The summed E-state index contributed by atoms with van der Waals surface area (Å²) in [6, 6.07) is 5.36. The number of ether oxygens (including phenoxy) is 1. The molecule has 1 aromatic carbocycles. The molecule has 0 saturated heterocycles. The fourth-order valence-electron chi connectivity index (χ4n) is 1.83. The number of phenolic OH excluding ortho intramolecular Hbond substituents is 1. The lowest BCUT2D eigenvalue weighted by atomic mass is 9.97. The largest absolute Gasteiger partial charge is 0.504 e. The summed E-state index contributed by atoms with van der Waals surface area (Å²) in [5.74, 6) is 0.663. The molecule has 3 nitrogen and oxygen atoms in total. The van der Waals surface area contributed by atoms with Gasteiger partial charge in [-0.2, -0.15) is 0 Å². The lowest BCUT2D eigenvalue weighted by Crippen LogP contribution is -2.09. The second-order valence-corrected chi connectivity index (χ2v) is 4.34. The van der Waals surface area contributed by atoms with Crippen molar-refractivity contribution in [3.8, 4) is 11.5 Å². The highest BCUT2D eigenvalue weighted by molar-refractivity contribution is 5.42. The minimum absolute atomic E-state index is 0.0992. The molecule has 15 heavy (non-hydrogen) atoms. The molecule has 1 fully saturated rings. The van der Waals surface area contributed by atoms with E-state index in [4.69, 9.17) is 4.74 Å². The Morgan fingerprint density at radius 1 is 1.40 bits per heavy atom. The first kappa shape index (κ1) is 10.3. The summed E-state index contributed by atoms with van der Waals surface area (Å²) in [5, 5.41) is 18.7. The lowest BCUT2D eigenvalue weighted by Gasteiger charge is -2.12. The Hall–Kier alpha value is -1.22. The number of hydrogen-bond donors (Lipinski definition) is 2. The first-order valence-electron chi connectivity index (χ1n) is 5.16. The summed E-state index contributed by atoms with van der Waals surface area (Å²) in [6.07, 6.45) is 3.04. The Morgan fingerprint density at radius 2 is 2.13 bits per heavy atom. The molecule has 0 heterocycles. The number of benzene rings is 1. The molecule has 0 amide bonds. The van der Waals surface area contributed by atoms with Crippen molar-refractivity contribution in [2.24, 2.45) is 5.41 Å². The van der Waals surface area contributed by atoms with Gasteiger partial charge in [-0.15, -0.1) is 0 Å². The van der Waals surface area contributed by atoms with Crippen molar-refractivity contribution in [1.82, 2.24) is 0 Å². The van der Waals surface area contributed by atoms with Gasteiger partial charge in [0.15, 0.2) is 11.5 Å². The van der Waals surface area contributed by atoms with Gasteiger partial charge < -0.3 is 14.9 Å². The first-order valence-corrected chi connectivity index (χ1v) is 5.16. The van der Waals surface area contributed by atoms with Crippen molar-refractivity contribution < 1.29 is 14.9 Å². The Bertz CT molecular complexity index is 356. The molecule has 1 aliphatic carbocycles. The minimum Gasteiger partial charge on any atom is -0.504 e. The van der Waals surface area contributed by atoms with E-state index in [9.17, 15) is 10.2 Å². The van der Waals surface area contributed by atoms with E-state index < -0.39 is 0 Å². The van der Waals surface area contributed by atoms with Crippen LogP contribution in [0, 0.1) is 5.41 Å². The van der Waals surface area contributed by atoms with Gasteiger partial charge in [-0.1, -0.05) is 6.07 Å². The maximum atomic E-state index is 9.43. The van der Waals surface area contributed by atoms with Crippen molar-refractivity contribution in [3.05, 3.63) is 23.8 Å². The highest BCUT2D eigenvalue weighted by Gasteiger charge is 2.41. The zero-order valence-corrected chi connectivity index (χ0v) is 8.86. The van der Waals surface area contributed by atoms with E-state index in [1.807, 2.05) is 12.1 Å². The maximum absolute atomic E-state index is 9.43. The van der Waals surface area contributed by atoms with Crippen LogP contribution in [0.4, 0.5) is 0 Å². The van der Waals surface area contributed by atoms with Crippen LogP contribution in [-0.4, -0.2) is 23.9 Å². The zero-order chi connectivity index (χ0) is 10.9. The van der Waals surface area contributed by atoms with Crippen LogP contribution >= 0.6 is 0 Å². The molecule has 0 spiro atoms. The molecule has 1 aromatic rings. The molecule has 3 heteroatoms. The summed E-state index contributed by atoms with van der Waals surface area (Å²) < 4.78 is 5.04. The predicted octanol–water partition coefficient (Wildman–Crippen LogP) is 1.72. The summed E-state index contributed by atoms with van der Waals surface area (Å²) in [6.45, 7) is 0.246. The second-order valence-electron chi connectivity index (χ2n) is 4.34. The lowest BCUT2D eigenvalue weighted by molar-refractivity contribution is 0.211. The van der Waals surface area contributed by atoms with Crippen molar-refractivity contribution >= 4 is 0 Å². The van der Waals surface area contributed by atoms with Gasteiger partial charge in [-0.25, -0.2) is 0 Å². The Morgan fingerprint density at radius 3 is 2.67 bits per heavy atom. The predicted molar refractivity (Wildman–Crippen MR) is 57.1 cm³/mol. The van der Waals surface area contributed by atoms with Gasteiger partial charge in [-0.3, -0.25) is 0 Å². The van der Waals surface area contributed by atoms with Crippen molar-refractivity contribution in [2.75, 3.05) is 13.7 Å². The number of aliphatic hydroxyl groups excluding tert-OH is 1. The maximum Gasteiger partial charge on any atom is 0.160 e. The molecule has 0 bridgehead atoms. The summed E-state index contributed by atoms with van der Waals surface area (Å²) in [5.41, 5.74) is 1.21. The van der Waals surface area contributed by atoms with Gasteiger partial charge in [0.1, 0.15) is 0 Å². The van der Waals surface area contributed by atoms with E-state index in [0.717, 1.165) is 24.8 Å². The highest BCUT2D eigenvalue weighted by atomic mass is 16.5. The summed E-state index contributed by atoms with van der Waals surface area (Å²) in [7, 11) is 1.54. The molecular weight excluding hydrogens is 192 g/mol. The fraction of sp³-hybridized carbons (Fsp3) is 0.500. The SMILES string of the molecule is COc1cc(CC2(CO)CC2)ccc1O. The van der Waals surface area contributed by atoms with Crippen LogP contribution in [-0.2, 0) is 6.42 Å². The molecule has 0 unspecified atom stereocenters. The van der Waals surface area contributed by atoms with E-state index in [2.05, 4.69) is 0 Å². The summed E-state index contributed by atoms with van der Waals surface area (Å²) >= 11 is 0. The van der Waals surface area contributed by atoms with E-state index in [-0.39, 0.29) is 17.8 Å². The first-order chi connectivity index (χ1) is 7.19. The Balaban J connectivity index is 2.15. The molecule has 2 rings (SSSR count). The average Bonchev–Trinajstić information content (AvgIpc) is 3.02. The van der Waals surface area contributed by atoms with Gasteiger partial charge in [0.25, 0.3) is 0 Å². The third kappa shape index (κ3) is 2.07. The number of methoxy groups -OCH3 is 1. The molecule has 0 atom stereocenters. The van der Waals surface area contributed by atoms with Crippen molar-refractivity contribution in [3.63, 3.8) is 0 Å². The molecule has 0 aromatic heterocycles. The normalized spacial score (nSPS) is 17.5. The molecule has 1 aliphatic rings. The smallest absolute Gasteiger partial charge is 0.160 e. The van der Waals surface area contributed by atoms with Crippen molar-refractivity contribution in [1.29, 1.82) is 0 Å². The monoisotopic (exact) mass is 208 g/mol. The fourth-order valence-corrected chi connectivity index (χ4v) is 1.83. The second kappa shape index (κ2) is 3.74. The van der Waals surface area contributed by atoms with E-state index in [1.165, 1.54) is 7.11 Å². The van der Waals surface area contributed by atoms with Crippen LogP contribution in [0.1, 0.15) is 18.4 Å². The van der Waals surface area contributed by atoms with Crippen LogP contribution in [0.2, 0.25) is 0 Å². The van der Waals surface area contributed by atoms with Crippen molar-refractivity contribution in [2.45, 2.75) is 19.3 Å². The van der Waals surface area contributed by atoms with Gasteiger partial charge in [-0.05, 0) is 42.4 Å². The highest BCUT2D eigenvalue weighted by Crippen LogP contribution is 2.48. The van der Waals surface area contributed by atoms with E-state index >= 15 is 0 Å².